The van der Waals surface area contributed by atoms with Crippen molar-refractivity contribution in [3.8, 4) is 0 Å². The third kappa shape index (κ3) is 7.76. The zero-order valence-electron chi connectivity index (χ0n) is 35.8. The van der Waals surface area contributed by atoms with Crippen molar-refractivity contribution in [3.05, 3.63) is 35.4 Å². The molecule has 0 bridgehead atoms. The zero-order chi connectivity index (χ0) is 40.5. The molecule has 1 aromatic heterocycles. The van der Waals surface area contributed by atoms with Crippen molar-refractivity contribution in [2.75, 3.05) is 0 Å². The molecule has 7 rings (SSSR count). The van der Waals surface area contributed by atoms with Gasteiger partial charge in [-0.05, 0) is 142 Å². The van der Waals surface area contributed by atoms with E-state index in [1.54, 1.807) is 38.5 Å². The molecule has 6 aliphatic carbocycles. The molecule has 1 N–H and O–H groups in total. The first-order valence-corrected chi connectivity index (χ1v) is 21.7. The third-order valence-corrected chi connectivity index (χ3v) is 14.9. The minimum atomic E-state index is -1.14. The lowest BCUT2D eigenvalue weighted by Gasteiger charge is -2.67. The number of allylic oxidation sites excluding steroid dienone is 2. The zero-order valence-corrected chi connectivity index (χ0v) is 35.8. The Kier molecular flexibility index (Phi) is 13.0. The highest BCUT2D eigenvalue weighted by atomic mass is 16.5. The van der Waals surface area contributed by atoms with Crippen molar-refractivity contribution in [1.82, 2.24) is 9.97 Å². The average molecular weight is 759 g/mol. The van der Waals surface area contributed by atoms with Gasteiger partial charge < -0.3 is 9.84 Å². The van der Waals surface area contributed by atoms with Gasteiger partial charge in [0, 0.05) is 30.1 Å². The fourth-order valence-electron chi connectivity index (χ4n) is 12.5. The number of ether oxygens (including phenoxy) is 1. The van der Waals surface area contributed by atoms with E-state index in [9.17, 15) is 19.5 Å². The topological polar surface area (TPSA) is 131 Å². The largest absolute Gasteiger partial charge is 0.481 e. The standard InChI is InChI=1S/C42H58N4O5.2C2H6/c1-24(2)35-30(47)21-42(37(26-9-10-26)46-45-23-33-43-19-8-20-44-33)18-14-29-27(36(35)42)11-12-32-40(6)17-15-31(25(3)28(40)13-16-41(29,32)7)51-34(48)22-39(4,5)38(49)50;2*1-2/h8,19-20,23-29,31-32H,9-18,21-22H2,1-7H3,(H,49,50);2*1-2H3/b45-23+,46-37+;;. The minimum Gasteiger partial charge on any atom is -0.481 e. The van der Waals surface area contributed by atoms with Gasteiger partial charge in [-0.15, -0.1) is 0 Å². The fraction of sp³-hybridized carbons (Fsp3) is 0.761. The summed E-state index contributed by atoms with van der Waals surface area (Å²) >= 11 is 0. The first-order valence-electron chi connectivity index (χ1n) is 21.7. The molecule has 0 spiro atoms. The van der Waals surface area contributed by atoms with E-state index in [0.29, 0.717) is 47.6 Å². The molecule has 9 atom stereocenters. The Morgan fingerprint density at radius 3 is 2.18 bits per heavy atom. The molecule has 55 heavy (non-hydrogen) atoms. The number of carboxylic acid groups (broad SMARTS) is 1. The van der Waals surface area contributed by atoms with Gasteiger partial charge in [-0.2, -0.15) is 10.2 Å². The summed E-state index contributed by atoms with van der Waals surface area (Å²) < 4.78 is 6.06. The highest BCUT2D eigenvalue weighted by Crippen LogP contribution is 2.72. The number of esters is 1. The maximum atomic E-state index is 14.1. The summed E-state index contributed by atoms with van der Waals surface area (Å²) in [6.45, 7) is 23.0. The Morgan fingerprint density at radius 1 is 0.945 bits per heavy atom. The van der Waals surface area contributed by atoms with Crippen LogP contribution in [0.5, 0.6) is 0 Å². The predicted octanol–water partition coefficient (Wildman–Crippen LogP) is 10.3. The van der Waals surface area contributed by atoms with Crippen LogP contribution in [-0.2, 0) is 19.1 Å². The molecule has 6 aliphatic rings. The molecule has 9 heteroatoms. The molecule has 9 nitrogen and oxygen atoms in total. The lowest BCUT2D eigenvalue weighted by Crippen LogP contribution is -2.61. The van der Waals surface area contributed by atoms with Crippen LogP contribution in [0.3, 0.4) is 0 Å². The number of Topliss-reactive ketones (excluding diaryl/α,β-unsaturated/α-hetero) is 1. The average Bonchev–Trinajstić information content (AvgIpc) is 3.94. The number of aromatic nitrogens is 2. The first kappa shape index (κ1) is 42.9. The number of nitrogens with zero attached hydrogens (tertiary/aromatic N) is 4. The molecule has 1 aromatic rings. The van der Waals surface area contributed by atoms with E-state index >= 15 is 0 Å². The Balaban J connectivity index is 0.00000140. The van der Waals surface area contributed by atoms with Crippen LogP contribution in [0.15, 0.2) is 39.8 Å². The second-order valence-corrected chi connectivity index (χ2v) is 18.6. The number of ketones is 1. The monoisotopic (exact) mass is 759 g/mol. The summed E-state index contributed by atoms with van der Waals surface area (Å²) in [7, 11) is 0. The fourth-order valence-corrected chi connectivity index (χ4v) is 12.5. The molecule has 9 unspecified atom stereocenters. The van der Waals surface area contributed by atoms with Crippen LogP contribution in [-0.4, -0.2) is 50.8 Å². The van der Waals surface area contributed by atoms with Gasteiger partial charge in [0.05, 0.1) is 23.8 Å². The molecule has 0 radical (unpaired) electrons. The van der Waals surface area contributed by atoms with Gasteiger partial charge in [-0.25, -0.2) is 9.97 Å². The van der Waals surface area contributed by atoms with Crippen molar-refractivity contribution in [3.63, 3.8) is 0 Å². The first-order chi connectivity index (χ1) is 26.1. The summed E-state index contributed by atoms with van der Waals surface area (Å²) in [5.41, 5.74) is 2.47. The summed E-state index contributed by atoms with van der Waals surface area (Å²) in [5, 5.41) is 19.1. The molecular weight excluding hydrogens is 689 g/mol. The molecule has 0 amide bonds. The summed E-state index contributed by atoms with van der Waals surface area (Å²) in [6, 6.07) is 1.79. The van der Waals surface area contributed by atoms with Crippen LogP contribution >= 0.6 is 0 Å². The molecule has 304 valence electrons. The van der Waals surface area contributed by atoms with Crippen LogP contribution in [0, 0.1) is 63.1 Å². The number of rotatable bonds is 9. The van der Waals surface area contributed by atoms with E-state index in [4.69, 9.17) is 9.84 Å². The molecule has 5 saturated carbocycles. The van der Waals surface area contributed by atoms with Crippen LogP contribution in [0.25, 0.3) is 0 Å². The Hall–Kier alpha value is -3.23. The number of aliphatic carboxylic acids is 1. The Morgan fingerprint density at radius 2 is 1.56 bits per heavy atom. The van der Waals surface area contributed by atoms with Crippen molar-refractivity contribution >= 4 is 29.6 Å². The van der Waals surface area contributed by atoms with Crippen LogP contribution in [0.4, 0.5) is 0 Å². The summed E-state index contributed by atoms with van der Waals surface area (Å²) in [4.78, 5) is 47.3. The van der Waals surface area contributed by atoms with Gasteiger partial charge >= 0.3 is 11.9 Å². The van der Waals surface area contributed by atoms with Crippen molar-refractivity contribution in [2.45, 2.75) is 159 Å². The van der Waals surface area contributed by atoms with Gasteiger partial charge in [0.2, 0.25) is 0 Å². The van der Waals surface area contributed by atoms with E-state index in [2.05, 4.69) is 49.7 Å². The Bertz CT molecular complexity index is 1660. The van der Waals surface area contributed by atoms with Gasteiger partial charge in [0.1, 0.15) is 6.10 Å². The normalized spacial score (nSPS) is 35.7. The van der Waals surface area contributed by atoms with Crippen molar-refractivity contribution in [1.29, 1.82) is 0 Å². The highest BCUT2D eigenvalue weighted by Gasteiger charge is 2.66. The number of carboxylic acids is 1. The van der Waals surface area contributed by atoms with Gasteiger partial charge in [-0.1, -0.05) is 62.3 Å². The second-order valence-electron chi connectivity index (χ2n) is 18.6. The second kappa shape index (κ2) is 16.7. The van der Waals surface area contributed by atoms with Crippen LogP contribution in [0.1, 0.15) is 159 Å². The number of carbonyl (C=O) groups is 3. The van der Waals surface area contributed by atoms with Gasteiger partial charge in [0.15, 0.2) is 11.6 Å². The summed E-state index contributed by atoms with van der Waals surface area (Å²) in [5.74, 6) is 2.17. The van der Waals surface area contributed by atoms with Gasteiger partial charge in [0.25, 0.3) is 0 Å². The van der Waals surface area contributed by atoms with Crippen LogP contribution < -0.4 is 0 Å². The number of hydrogen-bond acceptors (Lipinski definition) is 8. The molecule has 0 saturated heterocycles. The minimum absolute atomic E-state index is 0.115. The number of carbonyl (C=O) groups excluding carboxylic acids is 2. The van der Waals surface area contributed by atoms with E-state index in [1.807, 2.05) is 27.7 Å². The lowest BCUT2D eigenvalue weighted by atomic mass is 9.38. The highest BCUT2D eigenvalue weighted by molar-refractivity contribution is 6.10. The lowest BCUT2D eigenvalue weighted by molar-refractivity contribution is -0.191. The molecule has 5 fully saturated rings. The Labute approximate surface area is 331 Å². The quantitative estimate of drug-likeness (QED) is 0.151. The van der Waals surface area contributed by atoms with E-state index < -0.39 is 17.4 Å². The predicted molar refractivity (Wildman–Crippen MR) is 219 cm³/mol. The van der Waals surface area contributed by atoms with E-state index in [-0.39, 0.29) is 40.6 Å². The van der Waals surface area contributed by atoms with Crippen molar-refractivity contribution < 1.29 is 24.2 Å². The smallest absolute Gasteiger partial charge is 0.309 e. The van der Waals surface area contributed by atoms with Crippen molar-refractivity contribution in [2.24, 2.45) is 73.3 Å². The third-order valence-electron chi connectivity index (χ3n) is 14.9. The molecule has 1 heterocycles. The number of hydrogen-bond donors (Lipinski definition) is 1. The maximum Gasteiger partial charge on any atom is 0.309 e. The maximum absolute atomic E-state index is 14.1. The van der Waals surface area contributed by atoms with E-state index in [1.165, 1.54) is 5.57 Å². The number of fused-ring (bicyclic) bond motifs is 7. The summed E-state index contributed by atoms with van der Waals surface area (Å²) in [6.07, 6.45) is 15.9. The molecule has 0 aliphatic heterocycles. The van der Waals surface area contributed by atoms with Crippen LogP contribution in [0.2, 0.25) is 0 Å². The molecular formula is C46H70N4O5. The van der Waals surface area contributed by atoms with Gasteiger partial charge in [-0.3, -0.25) is 14.4 Å². The SMILES string of the molecule is CC.CC.CC(C)C1=C2C3CCC4C(C)(CCC5C(C)C(OC(=O)CC(C)(C)C(=O)O)CCC54C)C3CCC2(/C(=N/N=C/c2ncccn2)C2CC2)CC1=O. The van der Waals surface area contributed by atoms with E-state index in [0.717, 1.165) is 75.5 Å². The molecule has 0 aromatic carbocycles.